The van der Waals surface area contributed by atoms with Gasteiger partial charge in [0.2, 0.25) is 0 Å². The van der Waals surface area contributed by atoms with Crippen LogP contribution in [0.4, 0.5) is 10.5 Å². The Morgan fingerprint density at radius 2 is 1.46 bits per heavy atom. The maximum Gasteiger partial charge on any atom is 0.412 e. The van der Waals surface area contributed by atoms with E-state index in [1.807, 2.05) is 36.4 Å². The van der Waals surface area contributed by atoms with Crippen LogP contribution in [0.1, 0.15) is 49.8 Å². The normalized spacial score (nSPS) is 13.3. The first-order chi connectivity index (χ1) is 17.6. The van der Waals surface area contributed by atoms with Crippen LogP contribution in [-0.4, -0.2) is 35.3 Å². The maximum atomic E-state index is 12.7. The summed E-state index contributed by atoms with van der Waals surface area (Å²) in [6.45, 7) is 5.49. The molecular weight excluding hydrogens is 470 g/mol. The van der Waals surface area contributed by atoms with Gasteiger partial charge in [0.05, 0.1) is 12.3 Å². The highest BCUT2D eigenvalue weighted by Crippen LogP contribution is 2.44. The molecule has 1 atom stereocenters. The Morgan fingerprint density at radius 1 is 0.892 bits per heavy atom. The van der Waals surface area contributed by atoms with Gasteiger partial charge in [-0.25, -0.2) is 4.79 Å². The Kier molecular flexibility index (Phi) is 7.62. The molecule has 1 aliphatic rings. The number of carbonyl (C=O) groups excluding carboxylic acids is 2. The Hall–Kier alpha value is -4.13. The molecule has 37 heavy (non-hydrogen) atoms. The monoisotopic (exact) mass is 501 g/mol. The molecule has 0 aliphatic heterocycles. The summed E-state index contributed by atoms with van der Waals surface area (Å²) in [5, 5.41) is 12.4. The first kappa shape index (κ1) is 25.9. The largest absolute Gasteiger partial charge is 0.481 e. The molecule has 0 spiro atoms. The molecule has 0 aromatic heterocycles. The number of hydrogen-bond acceptors (Lipinski definition) is 5. The van der Waals surface area contributed by atoms with Crippen molar-refractivity contribution in [3.8, 4) is 11.1 Å². The smallest absolute Gasteiger partial charge is 0.412 e. The van der Waals surface area contributed by atoms with Gasteiger partial charge in [-0.3, -0.25) is 14.9 Å². The summed E-state index contributed by atoms with van der Waals surface area (Å²) in [6, 6.07) is 22.9. The van der Waals surface area contributed by atoms with Crippen molar-refractivity contribution >= 4 is 23.7 Å². The van der Waals surface area contributed by atoms with Gasteiger partial charge in [0, 0.05) is 11.6 Å². The Morgan fingerprint density at radius 3 is 2.00 bits per heavy atom. The number of benzene rings is 3. The Bertz CT molecular complexity index is 1250. The minimum absolute atomic E-state index is 0.0790. The highest BCUT2D eigenvalue weighted by molar-refractivity contribution is 5.85. The minimum Gasteiger partial charge on any atom is -0.481 e. The molecule has 7 heteroatoms. The fourth-order valence-electron chi connectivity index (χ4n) is 4.55. The lowest BCUT2D eigenvalue weighted by Crippen LogP contribution is -2.27. The summed E-state index contributed by atoms with van der Waals surface area (Å²) in [6.07, 6.45) is -0.644. The van der Waals surface area contributed by atoms with Crippen molar-refractivity contribution in [3.05, 3.63) is 89.5 Å². The molecule has 192 valence electrons. The highest BCUT2D eigenvalue weighted by atomic mass is 16.6. The highest BCUT2D eigenvalue weighted by Gasteiger charge is 2.30. The molecule has 0 radical (unpaired) electrons. The summed E-state index contributed by atoms with van der Waals surface area (Å²) in [7, 11) is 0. The van der Waals surface area contributed by atoms with Gasteiger partial charge in [0.1, 0.15) is 12.2 Å². The van der Waals surface area contributed by atoms with Gasteiger partial charge in [-0.15, -0.1) is 0 Å². The van der Waals surface area contributed by atoms with Crippen molar-refractivity contribution in [2.75, 3.05) is 11.9 Å². The third-order valence-electron chi connectivity index (χ3n) is 6.22. The molecular formula is C30H31NO6. The Balaban J connectivity index is 1.34. The summed E-state index contributed by atoms with van der Waals surface area (Å²) in [5.74, 6) is -2.62. The zero-order valence-corrected chi connectivity index (χ0v) is 21.2. The quantitative estimate of drug-likeness (QED) is 0.366. The van der Waals surface area contributed by atoms with E-state index in [1.54, 1.807) is 45.0 Å². The predicted molar refractivity (Wildman–Crippen MR) is 140 cm³/mol. The lowest BCUT2D eigenvalue weighted by atomic mass is 9.96. The van der Waals surface area contributed by atoms with Crippen molar-refractivity contribution in [3.63, 3.8) is 0 Å². The number of amides is 1. The topological polar surface area (TPSA) is 102 Å². The van der Waals surface area contributed by atoms with Gasteiger partial charge in [-0.2, -0.15) is 0 Å². The zero-order valence-electron chi connectivity index (χ0n) is 21.2. The number of anilines is 1. The van der Waals surface area contributed by atoms with E-state index in [4.69, 9.17) is 9.47 Å². The average molecular weight is 502 g/mol. The van der Waals surface area contributed by atoms with Gasteiger partial charge in [-0.1, -0.05) is 60.7 Å². The van der Waals surface area contributed by atoms with Gasteiger partial charge in [0.15, 0.2) is 0 Å². The van der Waals surface area contributed by atoms with Crippen LogP contribution in [0.3, 0.4) is 0 Å². The summed E-state index contributed by atoms with van der Waals surface area (Å²) in [5.41, 5.74) is 5.12. The van der Waals surface area contributed by atoms with Crippen molar-refractivity contribution in [2.45, 2.75) is 45.1 Å². The van der Waals surface area contributed by atoms with Crippen molar-refractivity contribution in [2.24, 2.45) is 5.92 Å². The number of esters is 1. The maximum absolute atomic E-state index is 12.7. The summed E-state index contributed by atoms with van der Waals surface area (Å²) < 4.78 is 10.8. The molecule has 7 nitrogen and oxygen atoms in total. The molecule has 4 rings (SSSR count). The molecule has 2 N–H and O–H groups in total. The molecule has 0 unspecified atom stereocenters. The standard InChI is InChI=1S/C30H31NO6/c1-30(2,3)37-29(35)31-21-14-12-19(13-15-21)16-20(28(33)34)17-27(32)36-18-26-24-10-6-4-8-22(24)23-9-5-7-11-25(23)26/h4-15,20,26H,16-18H2,1-3H3,(H,31,35)(H,33,34)/t20-/m0/s1. The van der Waals surface area contributed by atoms with E-state index in [1.165, 1.54) is 0 Å². The zero-order chi connectivity index (χ0) is 26.6. The van der Waals surface area contributed by atoms with Crippen LogP contribution in [0, 0.1) is 5.92 Å². The van der Waals surface area contributed by atoms with Gasteiger partial charge >= 0.3 is 18.0 Å². The first-order valence-corrected chi connectivity index (χ1v) is 12.3. The second kappa shape index (κ2) is 10.9. The molecule has 0 fully saturated rings. The van der Waals surface area contributed by atoms with Crippen LogP contribution in [0.2, 0.25) is 0 Å². The number of ether oxygens (including phenoxy) is 2. The number of hydrogen-bond donors (Lipinski definition) is 2. The van der Waals surface area contributed by atoms with Gasteiger partial charge in [0.25, 0.3) is 0 Å². The van der Waals surface area contributed by atoms with E-state index in [0.29, 0.717) is 5.69 Å². The first-order valence-electron chi connectivity index (χ1n) is 12.3. The minimum atomic E-state index is -1.07. The van der Waals surface area contributed by atoms with Crippen molar-refractivity contribution < 1.29 is 29.0 Å². The summed E-state index contributed by atoms with van der Waals surface area (Å²) >= 11 is 0. The van der Waals surface area contributed by atoms with Gasteiger partial charge < -0.3 is 14.6 Å². The van der Waals surface area contributed by atoms with E-state index in [-0.39, 0.29) is 25.4 Å². The van der Waals surface area contributed by atoms with Crippen LogP contribution in [0.5, 0.6) is 0 Å². The average Bonchev–Trinajstić information content (AvgIpc) is 3.16. The second-order valence-electron chi connectivity index (χ2n) is 10.2. The SMILES string of the molecule is CC(C)(C)OC(=O)Nc1ccc(C[C@@H](CC(=O)OCC2c3ccccc3-c3ccccc32)C(=O)O)cc1. The van der Waals surface area contributed by atoms with Gasteiger partial charge in [-0.05, 0) is 67.1 Å². The van der Waals surface area contributed by atoms with Crippen molar-refractivity contribution in [1.82, 2.24) is 0 Å². The Labute approximate surface area is 216 Å². The van der Waals surface area contributed by atoms with Crippen LogP contribution in [0.15, 0.2) is 72.8 Å². The fraction of sp³-hybridized carbons (Fsp3) is 0.300. The molecule has 3 aromatic carbocycles. The number of carboxylic acids is 1. The van der Waals surface area contributed by atoms with Crippen LogP contribution < -0.4 is 5.32 Å². The summed E-state index contributed by atoms with van der Waals surface area (Å²) in [4.78, 5) is 36.5. The lowest BCUT2D eigenvalue weighted by molar-refractivity contribution is -0.151. The van der Waals surface area contributed by atoms with E-state index in [0.717, 1.165) is 27.8 Å². The third kappa shape index (κ3) is 6.55. The van der Waals surface area contributed by atoms with E-state index in [2.05, 4.69) is 17.4 Å². The third-order valence-corrected chi connectivity index (χ3v) is 6.22. The number of carbonyl (C=O) groups is 3. The molecule has 3 aromatic rings. The molecule has 0 saturated carbocycles. The predicted octanol–water partition coefficient (Wildman–Crippen LogP) is 6.02. The van der Waals surface area contributed by atoms with Crippen LogP contribution in [0.25, 0.3) is 11.1 Å². The lowest BCUT2D eigenvalue weighted by Gasteiger charge is -2.19. The molecule has 0 heterocycles. The number of carboxylic acid groups (broad SMARTS) is 1. The molecule has 0 bridgehead atoms. The molecule has 1 aliphatic carbocycles. The van der Waals surface area contributed by atoms with Crippen molar-refractivity contribution in [1.29, 1.82) is 0 Å². The van der Waals surface area contributed by atoms with Crippen LogP contribution in [-0.2, 0) is 25.5 Å². The number of nitrogens with one attached hydrogen (secondary N) is 1. The second-order valence-corrected chi connectivity index (χ2v) is 10.2. The van der Waals surface area contributed by atoms with E-state index in [9.17, 15) is 19.5 Å². The molecule has 0 saturated heterocycles. The number of fused-ring (bicyclic) bond motifs is 3. The molecule has 1 amide bonds. The number of rotatable bonds is 8. The number of aliphatic carboxylic acids is 1. The van der Waals surface area contributed by atoms with Crippen LogP contribution >= 0.6 is 0 Å². The fourth-order valence-corrected chi connectivity index (χ4v) is 4.55. The van der Waals surface area contributed by atoms with E-state index >= 15 is 0 Å². The van der Waals surface area contributed by atoms with E-state index < -0.39 is 29.6 Å².